The summed E-state index contributed by atoms with van der Waals surface area (Å²) >= 11 is 0. The normalized spacial score (nSPS) is 19.5. The van der Waals surface area contributed by atoms with Gasteiger partial charge < -0.3 is 9.72 Å². The van der Waals surface area contributed by atoms with Crippen molar-refractivity contribution in [2.75, 3.05) is 19.7 Å². The summed E-state index contributed by atoms with van der Waals surface area (Å²) in [5, 5.41) is 4.09. The molecule has 1 N–H and O–H groups in total. The van der Waals surface area contributed by atoms with Crippen LogP contribution in [0.3, 0.4) is 0 Å². The van der Waals surface area contributed by atoms with E-state index in [1.807, 2.05) is 0 Å². The second kappa shape index (κ2) is 6.11. The summed E-state index contributed by atoms with van der Waals surface area (Å²) in [7, 11) is -2.01. The molecule has 0 aliphatic carbocycles. The van der Waals surface area contributed by atoms with Crippen molar-refractivity contribution in [2.24, 2.45) is 7.05 Å². The van der Waals surface area contributed by atoms with Crippen LogP contribution >= 0.6 is 0 Å². The zero-order valence-corrected chi connectivity index (χ0v) is 14.5. The van der Waals surface area contributed by atoms with Gasteiger partial charge in [0, 0.05) is 38.1 Å². The Morgan fingerprint density at radius 3 is 2.75 bits per heavy atom. The maximum Gasteiger partial charge on any atom is 0.251 e. The Bertz CT molecular complexity index is 917. The molecule has 1 saturated heterocycles. The minimum Gasteiger partial charge on any atom is -0.368 e. The third kappa shape index (κ3) is 3.12. The lowest BCUT2D eigenvalue weighted by molar-refractivity contribution is -0.00775. The fraction of sp³-hybridized carbons (Fsp3) is 0.500. The monoisotopic (exact) mass is 353 g/mol. The number of nitrogens with zero attached hydrogens (tertiary/aromatic N) is 4. The lowest BCUT2D eigenvalue weighted by Gasteiger charge is -2.31. The molecule has 9 nitrogen and oxygen atoms in total. The Balaban J connectivity index is 1.90. The van der Waals surface area contributed by atoms with Crippen molar-refractivity contribution in [2.45, 2.75) is 24.8 Å². The van der Waals surface area contributed by atoms with Gasteiger partial charge in [-0.15, -0.1) is 0 Å². The zero-order chi connectivity index (χ0) is 17.5. The van der Waals surface area contributed by atoms with Gasteiger partial charge in [-0.05, 0) is 13.8 Å². The maximum absolute atomic E-state index is 12.9. The molecule has 3 heterocycles. The molecule has 10 heteroatoms. The summed E-state index contributed by atoms with van der Waals surface area (Å²) in [6, 6.07) is 1.37. The van der Waals surface area contributed by atoms with E-state index < -0.39 is 16.1 Å². The second-order valence-corrected chi connectivity index (χ2v) is 7.65. The Hall–Kier alpha value is -2.04. The first-order chi connectivity index (χ1) is 11.3. The van der Waals surface area contributed by atoms with Gasteiger partial charge in [-0.2, -0.15) is 9.40 Å². The van der Waals surface area contributed by atoms with Gasteiger partial charge in [-0.1, -0.05) is 0 Å². The van der Waals surface area contributed by atoms with Gasteiger partial charge in [0.2, 0.25) is 10.0 Å². The molecule has 1 unspecified atom stereocenters. The number of H-pyrrole nitrogens is 1. The Kier molecular flexibility index (Phi) is 4.28. The van der Waals surface area contributed by atoms with Crippen molar-refractivity contribution < 1.29 is 13.2 Å². The molecule has 2 aromatic heterocycles. The number of aromatic nitrogens is 4. The van der Waals surface area contributed by atoms with E-state index in [4.69, 9.17) is 4.74 Å². The molecule has 1 aliphatic heterocycles. The van der Waals surface area contributed by atoms with Crippen molar-refractivity contribution in [1.29, 1.82) is 0 Å². The predicted octanol–water partition coefficient (Wildman–Crippen LogP) is -0.118. The van der Waals surface area contributed by atoms with Crippen LogP contribution in [0.1, 0.15) is 23.3 Å². The predicted molar refractivity (Wildman–Crippen MR) is 85.0 cm³/mol. The third-order valence-corrected chi connectivity index (χ3v) is 5.78. The average Bonchev–Trinajstić information content (AvgIpc) is 2.86. The van der Waals surface area contributed by atoms with Crippen LogP contribution < -0.4 is 5.56 Å². The highest BCUT2D eigenvalue weighted by Gasteiger charge is 2.34. The molecule has 1 atom stereocenters. The van der Waals surface area contributed by atoms with E-state index >= 15 is 0 Å². The van der Waals surface area contributed by atoms with E-state index in [0.29, 0.717) is 17.2 Å². The molecular formula is C14H19N5O4S. The molecule has 3 rings (SSSR count). The van der Waals surface area contributed by atoms with E-state index in [9.17, 15) is 13.2 Å². The minimum atomic E-state index is -3.68. The SMILES string of the molecule is Cc1cc(=O)[nH]c(C2CN(S(=O)(=O)c3cn(C)nc3C)CCO2)n1. The van der Waals surface area contributed by atoms with Gasteiger partial charge in [-0.25, -0.2) is 13.4 Å². The van der Waals surface area contributed by atoms with Crippen molar-refractivity contribution in [3.8, 4) is 0 Å². The third-order valence-electron chi connectivity index (χ3n) is 3.81. The first kappa shape index (κ1) is 16.8. The molecular weight excluding hydrogens is 334 g/mol. The number of aryl methyl sites for hydroxylation is 3. The van der Waals surface area contributed by atoms with Crippen LogP contribution in [0.4, 0.5) is 0 Å². The van der Waals surface area contributed by atoms with Crippen LogP contribution in [0.2, 0.25) is 0 Å². The highest BCUT2D eigenvalue weighted by Crippen LogP contribution is 2.25. The van der Waals surface area contributed by atoms with E-state index in [0.717, 1.165) is 0 Å². The summed E-state index contributed by atoms with van der Waals surface area (Å²) in [6.07, 6.45) is 0.875. The number of nitrogens with one attached hydrogen (secondary N) is 1. The van der Waals surface area contributed by atoms with E-state index in [1.54, 1.807) is 20.9 Å². The number of hydrogen-bond acceptors (Lipinski definition) is 6. The second-order valence-electron chi connectivity index (χ2n) is 5.75. The highest BCUT2D eigenvalue weighted by molar-refractivity contribution is 7.89. The van der Waals surface area contributed by atoms with Crippen molar-refractivity contribution >= 4 is 10.0 Å². The average molecular weight is 353 g/mol. The fourth-order valence-corrected chi connectivity index (χ4v) is 4.36. The number of hydrogen-bond donors (Lipinski definition) is 1. The van der Waals surface area contributed by atoms with Crippen LogP contribution in [-0.4, -0.2) is 52.2 Å². The molecule has 2 aromatic rings. The first-order valence-electron chi connectivity index (χ1n) is 7.47. The summed E-state index contributed by atoms with van der Waals surface area (Å²) in [4.78, 5) is 18.6. The lowest BCUT2D eigenvalue weighted by atomic mass is 10.3. The maximum atomic E-state index is 12.9. The number of aromatic amines is 1. The standard InChI is InChI=1S/C14H19N5O4S/c1-9-6-13(20)16-14(15-9)11-7-19(4-5-23-11)24(21,22)12-8-18(3)17-10(12)2/h6,8,11H,4-5,7H2,1-3H3,(H,15,16,20). The molecule has 24 heavy (non-hydrogen) atoms. The van der Waals surface area contributed by atoms with Gasteiger partial charge >= 0.3 is 0 Å². The molecule has 1 fully saturated rings. The Labute approximate surface area is 139 Å². The Morgan fingerprint density at radius 2 is 2.12 bits per heavy atom. The van der Waals surface area contributed by atoms with Gasteiger partial charge in [0.05, 0.1) is 12.3 Å². The number of sulfonamides is 1. The van der Waals surface area contributed by atoms with E-state index in [1.165, 1.54) is 21.3 Å². The van der Waals surface area contributed by atoms with Crippen LogP contribution in [0.15, 0.2) is 22.0 Å². The van der Waals surface area contributed by atoms with E-state index in [2.05, 4.69) is 15.1 Å². The fourth-order valence-electron chi connectivity index (χ4n) is 2.73. The van der Waals surface area contributed by atoms with Crippen LogP contribution in [0, 0.1) is 13.8 Å². The molecule has 0 aromatic carbocycles. The quantitative estimate of drug-likeness (QED) is 0.824. The molecule has 0 bridgehead atoms. The van der Waals surface area contributed by atoms with Crippen molar-refractivity contribution in [1.82, 2.24) is 24.1 Å². The lowest BCUT2D eigenvalue weighted by Crippen LogP contribution is -2.43. The van der Waals surface area contributed by atoms with Gasteiger partial charge in [0.25, 0.3) is 5.56 Å². The van der Waals surface area contributed by atoms with Gasteiger partial charge in [0.1, 0.15) is 16.8 Å². The summed E-state index contributed by atoms with van der Waals surface area (Å²) in [5.41, 5.74) is 0.715. The topological polar surface area (TPSA) is 110 Å². The molecule has 130 valence electrons. The number of ether oxygens (including phenoxy) is 1. The summed E-state index contributed by atoms with van der Waals surface area (Å²) in [6.45, 7) is 3.91. The first-order valence-corrected chi connectivity index (χ1v) is 8.91. The zero-order valence-electron chi connectivity index (χ0n) is 13.7. The minimum absolute atomic E-state index is 0.0864. The molecule has 0 radical (unpaired) electrons. The molecule has 1 aliphatic rings. The van der Waals surface area contributed by atoms with Crippen LogP contribution in [0.5, 0.6) is 0 Å². The van der Waals surface area contributed by atoms with Crippen LogP contribution in [-0.2, 0) is 21.8 Å². The number of rotatable bonds is 3. The number of morpholine rings is 1. The smallest absolute Gasteiger partial charge is 0.251 e. The van der Waals surface area contributed by atoms with Gasteiger partial charge in [0.15, 0.2) is 0 Å². The largest absolute Gasteiger partial charge is 0.368 e. The summed E-state index contributed by atoms with van der Waals surface area (Å²) < 4.78 is 34.1. The Morgan fingerprint density at radius 1 is 1.38 bits per heavy atom. The molecule has 0 amide bonds. The highest BCUT2D eigenvalue weighted by atomic mass is 32.2. The molecule has 0 saturated carbocycles. The van der Waals surface area contributed by atoms with Gasteiger partial charge in [-0.3, -0.25) is 9.48 Å². The summed E-state index contributed by atoms with van der Waals surface area (Å²) in [5.74, 6) is 0.336. The van der Waals surface area contributed by atoms with Crippen LogP contribution in [0.25, 0.3) is 0 Å². The van der Waals surface area contributed by atoms with Crippen molar-refractivity contribution in [3.05, 3.63) is 39.8 Å². The molecule has 0 spiro atoms. The van der Waals surface area contributed by atoms with Crippen molar-refractivity contribution in [3.63, 3.8) is 0 Å². The van der Waals surface area contributed by atoms with E-state index in [-0.39, 0.29) is 30.2 Å².